The number of amides is 2. The number of rotatable bonds is 6. The smallest absolute Gasteiger partial charge is 0.455 e. The van der Waals surface area contributed by atoms with E-state index in [0.717, 1.165) is 27.7 Å². The van der Waals surface area contributed by atoms with Crippen molar-refractivity contribution in [3.8, 4) is 5.75 Å². The van der Waals surface area contributed by atoms with E-state index in [1.54, 1.807) is 6.07 Å². The molecule has 2 amide bonds. The van der Waals surface area contributed by atoms with Crippen LogP contribution in [0.15, 0.2) is 71.3 Å². The summed E-state index contributed by atoms with van der Waals surface area (Å²) in [4.78, 5) is 28.2. The highest BCUT2D eigenvalue weighted by Crippen LogP contribution is 2.53. The zero-order valence-corrected chi connectivity index (χ0v) is 26.9. The Kier molecular flexibility index (Phi) is 8.98. The zero-order valence-electron chi connectivity index (χ0n) is 26.9. The minimum absolute atomic E-state index is 0.0435. The molecule has 2 saturated heterocycles. The summed E-state index contributed by atoms with van der Waals surface area (Å²) in [5, 5.41) is 22.7. The first-order valence-corrected chi connectivity index (χ1v) is 16.1. The van der Waals surface area contributed by atoms with Gasteiger partial charge in [-0.25, -0.2) is 4.90 Å². The van der Waals surface area contributed by atoms with Gasteiger partial charge in [-0.2, -0.15) is 26.3 Å². The molecule has 2 N–H and O–H groups in total. The Morgan fingerprint density at radius 2 is 1.59 bits per heavy atom. The fourth-order valence-electron chi connectivity index (χ4n) is 7.70. The first-order chi connectivity index (χ1) is 23.0. The van der Waals surface area contributed by atoms with Crippen LogP contribution in [0.1, 0.15) is 56.7 Å². The number of alkyl halides is 6. The third-order valence-electron chi connectivity index (χ3n) is 9.91. The second-order valence-corrected chi connectivity index (χ2v) is 13.4. The number of hydrogen-bond donors (Lipinski definition) is 2. The van der Waals surface area contributed by atoms with Crippen molar-refractivity contribution in [2.75, 3.05) is 4.90 Å². The van der Waals surface area contributed by atoms with E-state index in [0.29, 0.717) is 35.3 Å². The maximum atomic E-state index is 14.0. The Bertz CT molecular complexity index is 1850. The lowest BCUT2D eigenvalue weighted by Gasteiger charge is -2.44. The number of phenols is 1. The third-order valence-corrected chi connectivity index (χ3v) is 9.91. The number of phenolic OH excluding ortho intramolecular Hbond substituents is 1. The molecule has 4 atom stereocenters. The Labute approximate surface area is 279 Å². The number of allylic oxidation sites excluding steroid dienone is 2. The quantitative estimate of drug-likeness (QED) is 0.118. The molecule has 2 heterocycles. The van der Waals surface area contributed by atoms with Crippen molar-refractivity contribution in [2.45, 2.75) is 64.8 Å². The minimum atomic E-state index is -5.16. The summed E-state index contributed by atoms with van der Waals surface area (Å²) in [6.45, 7) is 5.75. The standard InChI is InChI=1S/C36H34BF6NO5/c1-18(2)26-16-27-32(34(47)44(33(27)46)23-14-21(35(38,39)40)13-22(15-23)36(41,42)43)28-17-37(48)49-30(31(26)28)11-8-19(3)12-20-9-10-29(45)25-7-5-4-6-24(20)25/h4-7,9-10,12-15,18,27-28,30,32,45,48H,8,11,16-17H2,1-3H3/b19-12+/t27-,28+,30-,32-/m1/s1. The van der Waals surface area contributed by atoms with Crippen molar-refractivity contribution in [3.05, 3.63) is 88.0 Å². The Hall–Kier alpha value is -4.10. The van der Waals surface area contributed by atoms with E-state index in [9.17, 15) is 46.1 Å². The predicted octanol–water partition coefficient (Wildman–Crippen LogP) is 8.42. The van der Waals surface area contributed by atoms with Crippen LogP contribution in [0, 0.1) is 23.7 Å². The number of nitrogens with zero attached hydrogens (tertiary/aromatic N) is 1. The van der Waals surface area contributed by atoms with Gasteiger partial charge in [0.25, 0.3) is 0 Å². The van der Waals surface area contributed by atoms with Crippen molar-refractivity contribution >= 4 is 41.5 Å². The molecule has 0 radical (unpaired) electrons. The Morgan fingerprint density at radius 1 is 0.959 bits per heavy atom. The van der Waals surface area contributed by atoms with Crippen LogP contribution in [0.3, 0.4) is 0 Å². The van der Waals surface area contributed by atoms with Crippen LogP contribution in [0.5, 0.6) is 5.75 Å². The predicted molar refractivity (Wildman–Crippen MR) is 172 cm³/mol. The molecule has 2 aliphatic heterocycles. The van der Waals surface area contributed by atoms with Crippen molar-refractivity contribution in [1.82, 2.24) is 0 Å². The minimum Gasteiger partial charge on any atom is -0.507 e. The highest BCUT2D eigenvalue weighted by molar-refractivity contribution is 6.43. The van der Waals surface area contributed by atoms with Gasteiger partial charge in [0.1, 0.15) is 5.75 Å². The molecule has 2 fully saturated rings. The van der Waals surface area contributed by atoms with Gasteiger partial charge in [-0.15, -0.1) is 0 Å². The van der Waals surface area contributed by atoms with Crippen molar-refractivity contribution in [2.24, 2.45) is 23.7 Å². The fraction of sp³-hybridized carbons (Fsp3) is 0.389. The monoisotopic (exact) mass is 685 g/mol. The van der Waals surface area contributed by atoms with Crippen LogP contribution in [0.2, 0.25) is 6.32 Å². The van der Waals surface area contributed by atoms with E-state index in [1.807, 2.05) is 57.2 Å². The molecule has 3 aromatic carbocycles. The van der Waals surface area contributed by atoms with E-state index < -0.39 is 72.0 Å². The molecule has 3 aliphatic rings. The largest absolute Gasteiger partial charge is 0.507 e. The van der Waals surface area contributed by atoms with Crippen LogP contribution in [-0.2, 0) is 26.6 Å². The number of carbonyl (C=O) groups is 2. The van der Waals surface area contributed by atoms with Crippen molar-refractivity contribution in [3.63, 3.8) is 0 Å². The Balaban J connectivity index is 1.32. The molecule has 3 aromatic rings. The molecule has 6 rings (SSSR count). The average Bonchev–Trinajstić information content (AvgIpc) is 3.28. The summed E-state index contributed by atoms with van der Waals surface area (Å²) >= 11 is 0. The van der Waals surface area contributed by atoms with E-state index >= 15 is 0 Å². The van der Waals surface area contributed by atoms with Crippen molar-refractivity contribution in [1.29, 1.82) is 0 Å². The lowest BCUT2D eigenvalue weighted by molar-refractivity contribution is -0.143. The highest BCUT2D eigenvalue weighted by atomic mass is 19.4. The fourth-order valence-corrected chi connectivity index (χ4v) is 7.70. The molecule has 49 heavy (non-hydrogen) atoms. The number of benzene rings is 3. The molecule has 0 bridgehead atoms. The van der Waals surface area contributed by atoms with Crippen LogP contribution in [-0.4, -0.2) is 35.2 Å². The normalized spacial score (nSPS) is 23.5. The number of halogens is 6. The molecule has 6 nitrogen and oxygen atoms in total. The summed E-state index contributed by atoms with van der Waals surface area (Å²) < 4.78 is 88.1. The SMILES string of the molecule is C/C(=C\c1ccc(O)c2ccccc12)CC[C@H]1OB(O)C[C@H]2C1=C(C(C)C)C[C@H]1C(=O)N(c3cc(C(F)(F)F)cc(C(F)(F)F)c3)C(=O)[C@H]12. The Morgan fingerprint density at radius 3 is 2.20 bits per heavy atom. The van der Waals surface area contributed by atoms with E-state index in [1.165, 1.54) is 0 Å². The molecule has 1 aliphatic carbocycles. The average molecular weight is 685 g/mol. The first-order valence-electron chi connectivity index (χ1n) is 16.1. The summed E-state index contributed by atoms with van der Waals surface area (Å²) in [5.74, 6) is -4.52. The van der Waals surface area contributed by atoms with Gasteiger partial charge in [-0.1, -0.05) is 61.4 Å². The van der Waals surface area contributed by atoms with Crippen LogP contribution in [0.25, 0.3) is 16.8 Å². The lowest BCUT2D eigenvalue weighted by atomic mass is 9.57. The molecule has 258 valence electrons. The summed E-state index contributed by atoms with van der Waals surface area (Å²) in [6.07, 6.45) is -8.01. The van der Waals surface area contributed by atoms with Gasteiger partial charge in [0.15, 0.2) is 0 Å². The molecule has 13 heteroatoms. The van der Waals surface area contributed by atoms with Crippen LogP contribution < -0.4 is 4.90 Å². The van der Waals surface area contributed by atoms with Gasteiger partial charge in [0.05, 0.1) is 34.8 Å². The van der Waals surface area contributed by atoms with Gasteiger partial charge in [0, 0.05) is 5.39 Å². The van der Waals surface area contributed by atoms with E-state index in [-0.39, 0.29) is 30.5 Å². The third kappa shape index (κ3) is 6.50. The van der Waals surface area contributed by atoms with Gasteiger partial charge in [0.2, 0.25) is 11.8 Å². The van der Waals surface area contributed by atoms with Gasteiger partial charge in [-0.05, 0) is 85.1 Å². The number of carbonyl (C=O) groups excluding carboxylic acids is 2. The second-order valence-electron chi connectivity index (χ2n) is 13.4. The summed E-state index contributed by atoms with van der Waals surface area (Å²) in [6, 6.07) is 11.6. The summed E-state index contributed by atoms with van der Waals surface area (Å²) in [5.41, 5.74) is -0.579. The van der Waals surface area contributed by atoms with Crippen LogP contribution in [0.4, 0.5) is 32.0 Å². The zero-order chi connectivity index (χ0) is 35.6. The van der Waals surface area contributed by atoms with Gasteiger partial charge in [-0.3, -0.25) is 9.59 Å². The molecule has 0 unspecified atom stereocenters. The van der Waals surface area contributed by atoms with Gasteiger partial charge >= 0.3 is 19.5 Å². The topological polar surface area (TPSA) is 87.1 Å². The van der Waals surface area contributed by atoms with E-state index in [2.05, 4.69) is 0 Å². The molecule has 0 spiro atoms. The van der Waals surface area contributed by atoms with Gasteiger partial charge < -0.3 is 14.8 Å². The number of anilines is 1. The lowest BCUT2D eigenvalue weighted by Crippen LogP contribution is -2.46. The second kappa shape index (κ2) is 12.7. The number of hydrogen-bond acceptors (Lipinski definition) is 5. The molecular formula is C36H34BF6NO5. The molecular weight excluding hydrogens is 651 g/mol. The summed E-state index contributed by atoms with van der Waals surface area (Å²) in [7, 11) is -1.31. The first kappa shape index (κ1) is 34.8. The maximum absolute atomic E-state index is 14.0. The highest BCUT2D eigenvalue weighted by Gasteiger charge is 2.58. The molecule has 0 aromatic heterocycles. The maximum Gasteiger partial charge on any atom is 0.455 e. The van der Waals surface area contributed by atoms with E-state index in [4.69, 9.17) is 4.65 Å². The number of aromatic hydroxyl groups is 1. The van der Waals surface area contributed by atoms with Crippen LogP contribution >= 0.6 is 0 Å². The van der Waals surface area contributed by atoms with Crippen molar-refractivity contribution < 1.29 is 50.7 Å². The number of imide groups is 1. The number of fused-ring (bicyclic) bond motifs is 4. The molecule has 0 saturated carbocycles.